The van der Waals surface area contributed by atoms with Gasteiger partial charge in [0.15, 0.2) is 0 Å². The maximum Gasteiger partial charge on any atom is 0.0796 e. The van der Waals surface area contributed by atoms with Crippen LogP contribution >= 0.6 is 0 Å². The highest BCUT2D eigenvalue weighted by Crippen LogP contribution is 2.56. The second-order valence-corrected chi connectivity index (χ2v) is 41.9. The SMILES string of the molecule is Cc1c2c(nc3ccccc13)-c1c(ccc3c4ccccc4c4ccccc4c13)C2.Cc1nc2c(c3ccccc13)Cc1ccc3c4ccccc4c4ccccc4c3c1-2.Cc1nc2c3ccccc3c3ccccc3c2c2c1Cc1c-2ccc2ccccc12.Cc1nc2c3ccccc3c3ccccc3c2c2c1Cc1cc3ccccc3cc1-2.Cc1nc2ccccc2c2c1Cc1cc3c4ccccc4c4ccccc4c3cc1-2. The first-order valence-electron chi connectivity index (χ1n) is 52.7. The van der Waals surface area contributed by atoms with E-state index in [1.807, 2.05) is 0 Å². The lowest BCUT2D eigenvalue weighted by Crippen LogP contribution is -1.95. The fraction of sp³-hybridized carbons (Fsp3) is 0.0690. The van der Waals surface area contributed by atoms with Gasteiger partial charge in [0.05, 0.1) is 33.5 Å². The van der Waals surface area contributed by atoms with E-state index >= 15 is 0 Å². The molecule has 700 valence electrons. The van der Waals surface area contributed by atoms with E-state index in [9.17, 15) is 0 Å². The quantitative estimate of drug-likeness (QED) is 0.142. The lowest BCUT2D eigenvalue weighted by Gasteiger charge is -2.15. The molecule has 25 aromatic carbocycles. The smallest absolute Gasteiger partial charge is 0.0796 e. The van der Waals surface area contributed by atoms with Crippen LogP contribution in [0.1, 0.15) is 84.0 Å². The van der Waals surface area contributed by atoms with E-state index in [0.717, 1.165) is 76.9 Å². The van der Waals surface area contributed by atoms with Crippen molar-refractivity contribution >= 4 is 216 Å². The van der Waals surface area contributed by atoms with Crippen LogP contribution < -0.4 is 0 Å². The number of pyridine rings is 5. The normalized spacial score (nSPS) is 12.7. The molecule has 0 saturated carbocycles. The molecule has 0 spiro atoms. The van der Waals surface area contributed by atoms with Gasteiger partial charge in [-0.25, -0.2) is 4.98 Å². The van der Waals surface area contributed by atoms with Gasteiger partial charge < -0.3 is 0 Å². The third kappa shape index (κ3) is 12.7. The number of aromatic nitrogens is 5. The first-order valence-corrected chi connectivity index (χ1v) is 52.7. The zero-order chi connectivity index (χ0) is 99.1. The third-order valence-corrected chi connectivity index (χ3v) is 34.1. The van der Waals surface area contributed by atoms with Crippen LogP contribution in [0.25, 0.3) is 272 Å². The van der Waals surface area contributed by atoms with Crippen LogP contribution in [-0.4, -0.2) is 24.9 Å². The summed E-state index contributed by atoms with van der Waals surface area (Å²) in [7, 11) is 0. The van der Waals surface area contributed by atoms with Crippen LogP contribution in [0.3, 0.4) is 0 Å². The molecule has 5 nitrogen and oxygen atoms in total. The standard InChI is InChI=1S/5C29H19N/c1-17-24-14-18-15-26-21-10-4-2-8-19(21)20-9-3-5-11-22(20)27(26)16-25(18)29(24)23-12-6-7-13-28(23)30-17;1-17-25-16-20-14-18-8-2-3-9-19(18)15-26(20)27(25)28-23-12-6-4-10-21(23)22-11-5-7-13-24(22)29(28)30-17;1-17-25-16-26-19-9-3-2-8-18(19)14-15-23(26)27(25)28-22-12-6-4-10-20(22)21-11-5-7-13-24(21)29(28)30-17;1-17-19-8-6-7-13-26(19)30-29-25(17)16-18-14-15-24-22-11-3-2-9-20(22)21-10-4-5-12-23(21)28(24)27(18)29;1-17-19-8-2-3-9-20(19)26-16-18-14-15-25-23-12-5-4-10-21(23)22-11-6-7-13-24(22)28(25)27(18)29(26)30-17/h2-13,15-16H,14H2,1H3;4*2-15H,16H2,1H3. The topological polar surface area (TPSA) is 64.5 Å². The van der Waals surface area contributed by atoms with Crippen molar-refractivity contribution in [2.75, 3.05) is 0 Å². The predicted octanol–water partition coefficient (Wildman–Crippen LogP) is 37.9. The Morgan fingerprint density at radius 1 is 0.153 bits per heavy atom. The van der Waals surface area contributed by atoms with E-state index in [0.29, 0.717) is 0 Å². The number of fused-ring (bicyclic) bond motifs is 57. The molecular formula is C145H95N5. The zero-order valence-corrected chi connectivity index (χ0v) is 83.7. The van der Waals surface area contributed by atoms with E-state index in [4.69, 9.17) is 24.9 Å². The highest BCUT2D eigenvalue weighted by Gasteiger charge is 2.35. The molecule has 5 heteroatoms. The summed E-state index contributed by atoms with van der Waals surface area (Å²) in [5, 5.41) is 47.2. The largest absolute Gasteiger partial charge is 0.253 e. The molecular weight excluding hydrogens is 1810 g/mol. The summed E-state index contributed by atoms with van der Waals surface area (Å²) in [4.78, 5) is 25.6. The molecule has 5 aromatic heterocycles. The summed E-state index contributed by atoms with van der Waals surface area (Å²) in [5.41, 5.74) is 37.6. The molecule has 0 radical (unpaired) electrons. The average Bonchev–Trinajstić information content (AvgIpc) is 1.57. The fourth-order valence-corrected chi connectivity index (χ4v) is 27.4. The molecule has 0 bridgehead atoms. The Kier molecular flexibility index (Phi) is 19.0. The molecule has 150 heavy (non-hydrogen) atoms. The number of nitrogens with zero attached hydrogens (tertiary/aromatic N) is 5. The van der Waals surface area contributed by atoms with Crippen molar-refractivity contribution in [2.24, 2.45) is 0 Å². The van der Waals surface area contributed by atoms with Crippen LogP contribution in [0, 0.1) is 34.6 Å². The number of hydrogen-bond donors (Lipinski definition) is 0. The van der Waals surface area contributed by atoms with Gasteiger partial charge in [-0.3, -0.25) is 19.9 Å². The van der Waals surface area contributed by atoms with E-state index in [1.54, 1.807) is 0 Å². The van der Waals surface area contributed by atoms with Gasteiger partial charge in [-0.2, -0.15) is 0 Å². The van der Waals surface area contributed by atoms with Crippen molar-refractivity contribution < 1.29 is 0 Å². The Hall–Kier alpha value is -18.6. The molecule has 35 rings (SSSR count). The molecule has 5 heterocycles. The number of benzene rings is 25. The van der Waals surface area contributed by atoms with E-state index in [-0.39, 0.29) is 0 Å². The third-order valence-electron chi connectivity index (χ3n) is 34.1. The summed E-state index contributed by atoms with van der Waals surface area (Å²) < 4.78 is 0. The monoisotopic (exact) mass is 1910 g/mol. The minimum atomic E-state index is 0.954. The molecule has 0 amide bonds. The summed E-state index contributed by atoms with van der Waals surface area (Å²) in [6.07, 6.45) is 4.81. The number of aryl methyl sites for hydroxylation is 5. The van der Waals surface area contributed by atoms with E-state index in [1.165, 1.54) is 311 Å². The van der Waals surface area contributed by atoms with Crippen molar-refractivity contribution in [2.45, 2.75) is 66.7 Å². The van der Waals surface area contributed by atoms with Crippen molar-refractivity contribution in [3.05, 3.63) is 509 Å². The summed E-state index contributed by atoms with van der Waals surface area (Å²) in [6, 6.07) is 155. The van der Waals surface area contributed by atoms with Gasteiger partial charge in [0, 0.05) is 104 Å². The predicted molar refractivity (Wildman–Crippen MR) is 636 cm³/mol. The molecule has 30 aromatic rings. The number of para-hydroxylation sites is 2. The second kappa shape index (κ2) is 33.2. The second-order valence-electron chi connectivity index (χ2n) is 41.9. The number of rotatable bonds is 0. The Balaban J connectivity index is 0.0000000844. The summed E-state index contributed by atoms with van der Waals surface area (Å²) >= 11 is 0. The van der Waals surface area contributed by atoms with Crippen LogP contribution in [0.4, 0.5) is 0 Å². The lowest BCUT2D eigenvalue weighted by molar-refractivity contribution is 1.14. The first-order chi connectivity index (χ1) is 74.0. The Morgan fingerprint density at radius 2 is 0.473 bits per heavy atom. The first kappa shape index (κ1) is 85.8. The molecule has 0 atom stereocenters. The molecule has 0 N–H and O–H groups in total. The van der Waals surface area contributed by atoms with Crippen LogP contribution in [0.2, 0.25) is 0 Å². The highest BCUT2D eigenvalue weighted by molar-refractivity contribution is 6.34. The molecule has 0 saturated heterocycles. The lowest BCUT2D eigenvalue weighted by atomic mass is 9.90. The number of hydrogen-bond acceptors (Lipinski definition) is 5. The zero-order valence-electron chi connectivity index (χ0n) is 83.7. The van der Waals surface area contributed by atoms with Crippen molar-refractivity contribution in [1.82, 2.24) is 24.9 Å². The average molecular weight is 1910 g/mol. The minimum absolute atomic E-state index is 0.954. The van der Waals surface area contributed by atoms with Gasteiger partial charge in [0.25, 0.3) is 0 Å². The van der Waals surface area contributed by atoms with Crippen LogP contribution in [0.5, 0.6) is 0 Å². The summed E-state index contributed by atoms with van der Waals surface area (Å²) in [6.45, 7) is 10.9. The van der Waals surface area contributed by atoms with Gasteiger partial charge in [-0.05, 0) is 316 Å². The Morgan fingerprint density at radius 3 is 0.973 bits per heavy atom. The molecule has 5 aliphatic rings. The van der Waals surface area contributed by atoms with Crippen molar-refractivity contribution in [3.8, 4) is 55.9 Å². The van der Waals surface area contributed by atoms with E-state index in [2.05, 4.69) is 459 Å². The minimum Gasteiger partial charge on any atom is -0.253 e. The molecule has 5 aliphatic carbocycles. The summed E-state index contributed by atoms with van der Waals surface area (Å²) in [5.74, 6) is 0. The molecule has 0 unspecified atom stereocenters. The Labute approximate surface area is 865 Å². The molecule has 0 fully saturated rings. The van der Waals surface area contributed by atoms with Gasteiger partial charge in [0.2, 0.25) is 0 Å². The van der Waals surface area contributed by atoms with Crippen molar-refractivity contribution in [1.29, 1.82) is 0 Å². The van der Waals surface area contributed by atoms with Gasteiger partial charge in [-0.1, -0.05) is 394 Å². The molecule has 0 aliphatic heterocycles. The maximum absolute atomic E-state index is 5.19. The van der Waals surface area contributed by atoms with Gasteiger partial charge in [-0.15, -0.1) is 0 Å². The Bertz CT molecular complexity index is 11000. The van der Waals surface area contributed by atoms with Gasteiger partial charge >= 0.3 is 0 Å². The highest BCUT2D eigenvalue weighted by atomic mass is 14.8. The van der Waals surface area contributed by atoms with E-state index < -0.39 is 0 Å². The van der Waals surface area contributed by atoms with Crippen LogP contribution in [0.15, 0.2) is 425 Å². The van der Waals surface area contributed by atoms with Crippen LogP contribution in [-0.2, 0) is 32.1 Å². The van der Waals surface area contributed by atoms with Gasteiger partial charge in [0.1, 0.15) is 0 Å². The van der Waals surface area contributed by atoms with Crippen molar-refractivity contribution in [3.63, 3.8) is 0 Å². The fourth-order valence-electron chi connectivity index (χ4n) is 27.4. The maximum atomic E-state index is 5.19.